The second kappa shape index (κ2) is 29.1. The van der Waals surface area contributed by atoms with Gasteiger partial charge < -0.3 is 14.4 Å². The molecule has 0 aromatic heterocycles. The highest BCUT2D eigenvalue weighted by molar-refractivity contribution is 5.81. The lowest BCUT2D eigenvalue weighted by molar-refractivity contribution is -0.156. The highest BCUT2D eigenvalue weighted by atomic mass is 16.5. The maximum atomic E-state index is 12.9. The molecular weight excluding hydrogens is 546 g/mol. The van der Waals surface area contributed by atoms with Crippen molar-refractivity contribution in [1.29, 1.82) is 0 Å². The maximum Gasteiger partial charge on any atom is 0.330 e. The minimum Gasteiger partial charge on any atom is -0.462 e. The summed E-state index contributed by atoms with van der Waals surface area (Å²) in [6, 6.07) is 0. The number of unbranched alkanes of at least 4 members (excludes halogenated alkanes) is 15. The van der Waals surface area contributed by atoms with Crippen molar-refractivity contribution < 1.29 is 19.1 Å². The van der Waals surface area contributed by atoms with Crippen LogP contribution in [0.5, 0.6) is 0 Å². The molecule has 1 rings (SSSR count). The molecule has 0 saturated carbocycles. The van der Waals surface area contributed by atoms with Gasteiger partial charge in [-0.05, 0) is 90.3 Å². The first kappa shape index (κ1) is 40.7. The van der Waals surface area contributed by atoms with E-state index in [1.54, 1.807) is 6.08 Å². The summed E-state index contributed by atoms with van der Waals surface area (Å²) in [4.78, 5) is 27.5. The van der Waals surface area contributed by atoms with Gasteiger partial charge in [0.1, 0.15) is 6.10 Å². The summed E-state index contributed by atoms with van der Waals surface area (Å²) in [7, 11) is 2.13. The molecule has 0 amide bonds. The van der Waals surface area contributed by atoms with Crippen LogP contribution in [0.2, 0.25) is 0 Å². The van der Waals surface area contributed by atoms with Crippen LogP contribution in [0.1, 0.15) is 181 Å². The number of hydrogen-bond donors (Lipinski definition) is 0. The van der Waals surface area contributed by atoms with Gasteiger partial charge in [0.25, 0.3) is 0 Å². The number of hydrogen-bond acceptors (Lipinski definition) is 5. The Bertz CT molecular complexity index is 700. The average molecular weight is 620 g/mol. The van der Waals surface area contributed by atoms with Crippen molar-refractivity contribution in [1.82, 2.24) is 4.90 Å². The summed E-state index contributed by atoms with van der Waals surface area (Å²) < 4.78 is 11.7. The number of allylic oxidation sites excluding steroid dienone is 1. The van der Waals surface area contributed by atoms with Gasteiger partial charge in [-0.1, -0.05) is 123 Å². The summed E-state index contributed by atoms with van der Waals surface area (Å²) >= 11 is 0. The van der Waals surface area contributed by atoms with Gasteiger partial charge in [0.15, 0.2) is 0 Å². The number of nitrogens with zero attached hydrogens (tertiary/aromatic N) is 1. The largest absolute Gasteiger partial charge is 0.462 e. The fraction of sp³-hybridized carbons (Fsp3) is 0.897. The van der Waals surface area contributed by atoms with Gasteiger partial charge in [0, 0.05) is 6.08 Å². The van der Waals surface area contributed by atoms with Crippen molar-refractivity contribution in [2.45, 2.75) is 187 Å². The lowest BCUT2D eigenvalue weighted by atomic mass is 9.96. The van der Waals surface area contributed by atoms with Crippen LogP contribution in [-0.4, -0.2) is 49.7 Å². The fourth-order valence-corrected chi connectivity index (χ4v) is 6.35. The monoisotopic (exact) mass is 620 g/mol. The molecule has 0 aromatic carbocycles. The van der Waals surface area contributed by atoms with Crippen LogP contribution in [0.3, 0.4) is 0 Å². The van der Waals surface area contributed by atoms with Crippen molar-refractivity contribution in [3.63, 3.8) is 0 Å². The van der Waals surface area contributed by atoms with Gasteiger partial charge in [-0.25, -0.2) is 4.79 Å². The van der Waals surface area contributed by atoms with E-state index in [9.17, 15) is 9.59 Å². The van der Waals surface area contributed by atoms with Crippen molar-refractivity contribution in [2.24, 2.45) is 11.8 Å². The van der Waals surface area contributed by atoms with Crippen LogP contribution in [0.25, 0.3) is 0 Å². The molecule has 2 atom stereocenters. The summed E-state index contributed by atoms with van der Waals surface area (Å²) in [5, 5.41) is 0. The lowest BCUT2D eigenvalue weighted by Gasteiger charge is -2.29. The SMILES string of the molecule is CCCCCCCCCCC(CCCCCCC=CC(=O)OCC(CCCC)CCCCCC)OC(=O)C1CCN(C)CC1. The standard InChI is InChI=1S/C39H73NO4/c1-5-8-11-13-14-15-18-22-27-37(44-39(42)36-30-32-40(4)33-31-36)28-23-19-16-17-20-24-29-38(41)43-34-35(25-10-7-3)26-21-12-9-6-2/h24,29,35-37H,5-23,25-28,30-34H2,1-4H3. The van der Waals surface area contributed by atoms with E-state index in [2.05, 4.69) is 32.7 Å². The Labute approximate surface area is 273 Å². The second-order valence-electron chi connectivity index (χ2n) is 13.8. The van der Waals surface area contributed by atoms with Gasteiger partial charge >= 0.3 is 11.9 Å². The minimum absolute atomic E-state index is 0.0490. The highest BCUT2D eigenvalue weighted by Gasteiger charge is 2.26. The number of piperidine rings is 1. The number of carbonyl (C=O) groups excluding carboxylic acids is 2. The molecule has 1 aliphatic rings. The van der Waals surface area contributed by atoms with Crippen molar-refractivity contribution in [3.05, 3.63) is 12.2 Å². The minimum atomic E-state index is -0.185. The highest BCUT2D eigenvalue weighted by Crippen LogP contribution is 2.23. The molecule has 0 N–H and O–H groups in total. The van der Waals surface area contributed by atoms with E-state index in [4.69, 9.17) is 9.47 Å². The molecule has 1 saturated heterocycles. The van der Waals surface area contributed by atoms with Gasteiger partial charge in [-0.15, -0.1) is 0 Å². The Morgan fingerprint density at radius 3 is 1.80 bits per heavy atom. The van der Waals surface area contributed by atoms with Gasteiger partial charge in [-0.2, -0.15) is 0 Å². The quantitative estimate of drug-likeness (QED) is 0.0473. The van der Waals surface area contributed by atoms with E-state index in [-0.39, 0.29) is 24.0 Å². The molecule has 5 nitrogen and oxygen atoms in total. The van der Waals surface area contributed by atoms with E-state index in [0.29, 0.717) is 12.5 Å². The zero-order valence-corrected chi connectivity index (χ0v) is 29.8. The Morgan fingerprint density at radius 2 is 1.18 bits per heavy atom. The number of likely N-dealkylation sites (tertiary alicyclic amines) is 1. The number of ether oxygens (including phenoxy) is 2. The van der Waals surface area contributed by atoms with Crippen LogP contribution in [0, 0.1) is 11.8 Å². The molecular formula is C39H73NO4. The number of rotatable bonds is 29. The predicted octanol–water partition coefficient (Wildman–Crippen LogP) is 11.0. The predicted molar refractivity (Wildman–Crippen MR) is 187 cm³/mol. The molecule has 1 aliphatic heterocycles. The van der Waals surface area contributed by atoms with Crippen LogP contribution >= 0.6 is 0 Å². The van der Waals surface area contributed by atoms with Crippen molar-refractivity contribution in [3.8, 4) is 0 Å². The molecule has 1 heterocycles. The smallest absolute Gasteiger partial charge is 0.330 e. The molecule has 5 heteroatoms. The topological polar surface area (TPSA) is 55.8 Å². The van der Waals surface area contributed by atoms with Crippen LogP contribution in [0.4, 0.5) is 0 Å². The molecule has 0 radical (unpaired) electrons. The maximum absolute atomic E-state index is 12.9. The van der Waals surface area contributed by atoms with E-state index in [1.807, 2.05) is 6.08 Å². The van der Waals surface area contributed by atoms with Gasteiger partial charge in [-0.3, -0.25) is 4.79 Å². The summed E-state index contributed by atoms with van der Waals surface area (Å²) in [5.74, 6) is 0.453. The average Bonchev–Trinajstić information content (AvgIpc) is 3.02. The van der Waals surface area contributed by atoms with E-state index >= 15 is 0 Å². The van der Waals surface area contributed by atoms with Crippen molar-refractivity contribution in [2.75, 3.05) is 26.7 Å². The molecule has 0 spiro atoms. The third kappa shape index (κ3) is 23.0. The lowest BCUT2D eigenvalue weighted by Crippen LogP contribution is -2.35. The number of carbonyl (C=O) groups is 2. The van der Waals surface area contributed by atoms with Gasteiger partial charge in [0.2, 0.25) is 0 Å². The molecule has 1 fully saturated rings. The fourth-order valence-electron chi connectivity index (χ4n) is 6.35. The molecule has 0 aliphatic carbocycles. The third-order valence-corrected chi connectivity index (χ3v) is 9.51. The Balaban J connectivity index is 2.29. The molecule has 258 valence electrons. The zero-order chi connectivity index (χ0) is 32.1. The Morgan fingerprint density at radius 1 is 0.682 bits per heavy atom. The van der Waals surface area contributed by atoms with Crippen LogP contribution in [0.15, 0.2) is 12.2 Å². The van der Waals surface area contributed by atoms with Crippen molar-refractivity contribution >= 4 is 11.9 Å². The molecule has 0 bridgehead atoms. The van der Waals surface area contributed by atoms with Crippen LogP contribution < -0.4 is 0 Å². The van der Waals surface area contributed by atoms with Crippen LogP contribution in [-0.2, 0) is 19.1 Å². The zero-order valence-electron chi connectivity index (χ0n) is 29.8. The van der Waals surface area contributed by atoms with E-state index in [0.717, 1.165) is 83.7 Å². The summed E-state index contributed by atoms with van der Waals surface area (Å²) in [5.41, 5.74) is 0. The van der Waals surface area contributed by atoms with E-state index < -0.39 is 0 Å². The normalized spacial score (nSPS) is 15.9. The Hall–Kier alpha value is -1.36. The Kier molecular flexibility index (Phi) is 26.9. The molecule has 44 heavy (non-hydrogen) atoms. The molecule has 0 aromatic rings. The van der Waals surface area contributed by atoms with E-state index in [1.165, 1.54) is 89.9 Å². The molecule has 2 unspecified atom stereocenters. The number of esters is 2. The third-order valence-electron chi connectivity index (χ3n) is 9.51. The first-order valence-electron chi connectivity index (χ1n) is 19.2. The summed E-state index contributed by atoms with van der Waals surface area (Å²) in [6.45, 7) is 9.29. The second-order valence-corrected chi connectivity index (χ2v) is 13.8. The first-order valence-corrected chi connectivity index (χ1v) is 19.2. The summed E-state index contributed by atoms with van der Waals surface area (Å²) in [6.07, 6.45) is 33.2. The first-order chi connectivity index (χ1) is 21.5. The van der Waals surface area contributed by atoms with Gasteiger partial charge in [0.05, 0.1) is 12.5 Å².